The van der Waals surface area contributed by atoms with Crippen molar-refractivity contribution in [2.75, 3.05) is 4.72 Å². The van der Waals surface area contributed by atoms with Gasteiger partial charge < -0.3 is 0 Å². The van der Waals surface area contributed by atoms with Gasteiger partial charge in [0.05, 0.1) is 16.1 Å². The summed E-state index contributed by atoms with van der Waals surface area (Å²) in [6.07, 6.45) is 1.53. The first kappa shape index (κ1) is 19.1. The monoisotopic (exact) mass is 388 g/mol. The maximum absolute atomic E-state index is 14.0. The van der Waals surface area contributed by atoms with Crippen LogP contribution >= 0.6 is 0 Å². The SMILES string of the molecule is Cc1ccc(S(=O)(=O)Nc2cc(F)cc3ccn(C(=O)C(C)(C)C)c23)cc1. The summed E-state index contributed by atoms with van der Waals surface area (Å²) in [6.45, 7) is 7.15. The van der Waals surface area contributed by atoms with Crippen molar-refractivity contribution in [3.05, 3.63) is 60.0 Å². The molecule has 0 atom stereocenters. The summed E-state index contributed by atoms with van der Waals surface area (Å²) in [5, 5.41) is 0.439. The second-order valence-corrected chi connectivity index (χ2v) is 9.23. The van der Waals surface area contributed by atoms with Crippen molar-refractivity contribution in [2.24, 2.45) is 5.41 Å². The van der Waals surface area contributed by atoms with Crippen LogP contribution in [0.2, 0.25) is 0 Å². The lowest BCUT2D eigenvalue weighted by Crippen LogP contribution is -2.26. The Morgan fingerprint density at radius 1 is 1.07 bits per heavy atom. The molecular formula is C20H21FN2O3S. The number of carbonyl (C=O) groups excluding carboxylic acids is 1. The Morgan fingerprint density at radius 2 is 1.70 bits per heavy atom. The first-order valence-electron chi connectivity index (χ1n) is 8.44. The molecule has 1 heterocycles. The van der Waals surface area contributed by atoms with Crippen LogP contribution in [0.15, 0.2) is 53.6 Å². The van der Waals surface area contributed by atoms with Gasteiger partial charge in [0.25, 0.3) is 10.0 Å². The number of carbonyl (C=O) groups is 1. The Bertz CT molecular complexity index is 1120. The highest BCUT2D eigenvalue weighted by molar-refractivity contribution is 7.92. The topological polar surface area (TPSA) is 68.2 Å². The van der Waals surface area contributed by atoms with Gasteiger partial charge in [-0.15, -0.1) is 0 Å². The van der Waals surface area contributed by atoms with Crippen LogP contribution in [0.1, 0.15) is 31.1 Å². The number of benzene rings is 2. The third-order valence-corrected chi connectivity index (χ3v) is 5.57. The maximum atomic E-state index is 14.0. The van der Waals surface area contributed by atoms with Gasteiger partial charge >= 0.3 is 0 Å². The second kappa shape index (κ2) is 6.49. The van der Waals surface area contributed by atoms with Crippen molar-refractivity contribution >= 4 is 32.5 Å². The third-order valence-electron chi connectivity index (χ3n) is 4.18. The van der Waals surface area contributed by atoms with Crippen LogP contribution in [-0.4, -0.2) is 18.9 Å². The van der Waals surface area contributed by atoms with Gasteiger partial charge in [-0.2, -0.15) is 0 Å². The van der Waals surface area contributed by atoms with E-state index in [1.54, 1.807) is 39.0 Å². The molecule has 7 heteroatoms. The molecule has 0 fully saturated rings. The van der Waals surface area contributed by atoms with Gasteiger partial charge in [0.15, 0.2) is 0 Å². The van der Waals surface area contributed by atoms with E-state index in [2.05, 4.69) is 4.72 Å². The molecule has 3 aromatic rings. The smallest absolute Gasteiger partial charge is 0.261 e. The van der Waals surface area contributed by atoms with Crippen LogP contribution in [0.5, 0.6) is 0 Å². The third kappa shape index (κ3) is 3.73. The molecule has 0 aliphatic carbocycles. The van der Waals surface area contributed by atoms with Gasteiger partial charge in [0, 0.05) is 23.1 Å². The molecule has 1 aromatic heterocycles. The number of hydrogen-bond acceptors (Lipinski definition) is 3. The van der Waals surface area contributed by atoms with E-state index in [4.69, 9.17) is 0 Å². The maximum Gasteiger partial charge on any atom is 0.261 e. The number of aromatic nitrogens is 1. The van der Waals surface area contributed by atoms with Gasteiger partial charge in [-0.25, -0.2) is 12.8 Å². The predicted molar refractivity (Wildman–Crippen MR) is 104 cm³/mol. The first-order valence-corrected chi connectivity index (χ1v) is 9.92. The second-order valence-electron chi connectivity index (χ2n) is 7.55. The van der Waals surface area contributed by atoms with E-state index in [0.717, 1.165) is 11.6 Å². The number of anilines is 1. The highest BCUT2D eigenvalue weighted by Crippen LogP contribution is 2.30. The largest absolute Gasteiger partial charge is 0.285 e. The minimum atomic E-state index is -3.94. The molecular weight excluding hydrogens is 367 g/mol. The summed E-state index contributed by atoms with van der Waals surface area (Å²) < 4.78 is 43.3. The van der Waals surface area contributed by atoms with Crippen LogP contribution < -0.4 is 4.72 Å². The van der Waals surface area contributed by atoms with Crippen LogP contribution in [0.3, 0.4) is 0 Å². The molecule has 0 unspecified atom stereocenters. The number of nitrogens with one attached hydrogen (secondary N) is 1. The van der Waals surface area contributed by atoms with Crippen molar-refractivity contribution < 1.29 is 17.6 Å². The number of nitrogens with zero attached hydrogens (tertiary/aromatic N) is 1. The molecule has 5 nitrogen and oxygen atoms in total. The van der Waals surface area contributed by atoms with Gasteiger partial charge in [-0.3, -0.25) is 14.1 Å². The minimum absolute atomic E-state index is 0.0215. The Balaban J connectivity index is 2.15. The number of aryl methyl sites for hydroxylation is 1. The Morgan fingerprint density at radius 3 is 2.30 bits per heavy atom. The predicted octanol–water partition coefficient (Wildman–Crippen LogP) is 4.58. The standard InChI is InChI=1S/C20H21FN2O3S/c1-13-5-7-16(8-6-13)27(25,26)22-17-12-15(21)11-14-9-10-23(18(14)17)19(24)20(2,3)4/h5-12,22H,1-4H3. The van der Waals surface area contributed by atoms with E-state index in [1.807, 2.05) is 6.92 Å². The molecule has 2 aromatic carbocycles. The number of hydrogen-bond donors (Lipinski definition) is 1. The average molecular weight is 388 g/mol. The molecule has 3 rings (SSSR count). The van der Waals surface area contributed by atoms with Crippen molar-refractivity contribution in [1.82, 2.24) is 4.57 Å². The first-order chi connectivity index (χ1) is 12.5. The van der Waals surface area contributed by atoms with Crippen LogP contribution in [0.4, 0.5) is 10.1 Å². The Kier molecular flexibility index (Phi) is 4.59. The minimum Gasteiger partial charge on any atom is -0.285 e. The molecule has 1 N–H and O–H groups in total. The quantitative estimate of drug-likeness (QED) is 0.714. The molecule has 27 heavy (non-hydrogen) atoms. The van der Waals surface area contributed by atoms with E-state index in [9.17, 15) is 17.6 Å². The molecule has 0 radical (unpaired) electrons. The van der Waals surface area contributed by atoms with Gasteiger partial charge in [0.2, 0.25) is 5.91 Å². The van der Waals surface area contributed by atoms with Crippen molar-refractivity contribution in [3.8, 4) is 0 Å². The summed E-state index contributed by atoms with van der Waals surface area (Å²) in [7, 11) is -3.94. The molecule has 142 valence electrons. The lowest BCUT2D eigenvalue weighted by atomic mass is 9.95. The lowest BCUT2D eigenvalue weighted by Gasteiger charge is -2.19. The molecule has 0 saturated heterocycles. The number of sulfonamides is 1. The van der Waals surface area contributed by atoms with Crippen LogP contribution in [-0.2, 0) is 10.0 Å². The fraction of sp³-hybridized carbons (Fsp3) is 0.250. The highest BCUT2D eigenvalue weighted by Gasteiger charge is 2.26. The van der Waals surface area contributed by atoms with E-state index in [0.29, 0.717) is 10.9 Å². The van der Waals surface area contributed by atoms with E-state index >= 15 is 0 Å². The number of halogens is 1. The Hall–Kier alpha value is -2.67. The van der Waals surface area contributed by atoms with Crippen molar-refractivity contribution in [2.45, 2.75) is 32.6 Å². The van der Waals surface area contributed by atoms with Crippen LogP contribution in [0, 0.1) is 18.2 Å². The van der Waals surface area contributed by atoms with E-state index in [1.165, 1.54) is 29.0 Å². The summed E-state index contributed by atoms with van der Waals surface area (Å²) in [5.41, 5.74) is 0.583. The van der Waals surface area contributed by atoms with Gasteiger partial charge in [-0.1, -0.05) is 38.5 Å². The van der Waals surface area contributed by atoms with E-state index < -0.39 is 21.3 Å². The summed E-state index contributed by atoms with van der Waals surface area (Å²) in [5.74, 6) is -0.815. The molecule has 0 saturated carbocycles. The lowest BCUT2D eigenvalue weighted by molar-refractivity contribution is 0.0773. The zero-order valence-electron chi connectivity index (χ0n) is 15.6. The fourth-order valence-corrected chi connectivity index (χ4v) is 3.83. The zero-order valence-corrected chi connectivity index (χ0v) is 16.4. The van der Waals surface area contributed by atoms with Gasteiger partial charge in [-0.05, 0) is 31.2 Å². The fourth-order valence-electron chi connectivity index (χ4n) is 2.78. The highest BCUT2D eigenvalue weighted by atomic mass is 32.2. The van der Waals surface area contributed by atoms with Crippen LogP contribution in [0.25, 0.3) is 10.9 Å². The van der Waals surface area contributed by atoms with E-state index in [-0.39, 0.29) is 16.5 Å². The van der Waals surface area contributed by atoms with Gasteiger partial charge in [0.1, 0.15) is 5.82 Å². The summed E-state index contributed by atoms with van der Waals surface area (Å²) in [6, 6.07) is 10.3. The summed E-state index contributed by atoms with van der Waals surface area (Å²) >= 11 is 0. The molecule has 0 aliphatic rings. The summed E-state index contributed by atoms with van der Waals surface area (Å²) in [4.78, 5) is 12.8. The van der Waals surface area contributed by atoms with Crippen molar-refractivity contribution in [3.63, 3.8) is 0 Å². The molecule has 0 aliphatic heterocycles. The zero-order chi connectivity index (χ0) is 20.0. The molecule has 0 spiro atoms. The molecule has 0 bridgehead atoms. The molecule has 0 amide bonds. The normalized spacial score (nSPS) is 12.3. The average Bonchev–Trinajstić information content (AvgIpc) is 2.97. The van der Waals surface area contributed by atoms with Crippen molar-refractivity contribution in [1.29, 1.82) is 0 Å². The Labute approximate surface area is 157 Å². The number of rotatable bonds is 3. The number of fused-ring (bicyclic) bond motifs is 1.